The van der Waals surface area contributed by atoms with E-state index in [2.05, 4.69) is 20.9 Å². The molecular weight excluding hydrogens is 416 g/mol. The molecule has 7 heteroatoms. The van der Waals surface area contributed by atoms with E-state index in [1.807, 2.05) is 51.1 Å². The maximum atomic E-state index is 12.7. The molecule has 7 nitrogen and oxygen atoms in total. The first-order chi connectivity index (χ1) is 15.8. The topological polar surface area (TPSA) is 90.5 Å². The minimum Gasteiger partial charge on any atom is -0.326 e. The number of hydrogen-bond acceptors (Lipinski definition) is 4. The predicted molar refractivity (Wildman–Crippen MR) is 133 cm³/mol. The van der Waals surface area contributed by atoms with Gasteiger partial charge >= 0.3 is 0 Å². The molecule has 0 radical (unpaired) electrons. The molecule has 1 aliphatic rings. The average Bonchev–Trinajstić information content (AvgIpc) is 3.59. The number of hydrogen-bond donors (Lipinski definition) is 3. The van der Waals surface area contributed by atoms with Crippen LogP contribution in [0, 0.1) is 13.8 Å². The van der Waals surface area contributed by atoms with Gasteiger partial charge in [0.15, 0.2) is 0 Å². The van der Waals surface area contributed by atoms with Crippen molar-refractivity contribution in [1.29, 1.82) is 0 Å². The van der Waals surface area contributed by atoms with Crippen molar-refractivity contribution in [2.45, 2.75) is 59.4 Å². The molecule has 176 valence electrons. The molecule has 3 N–H and O–H groups in total. The van der Waals surface area contributed by atoms with Crippen LogP contribution in [0.5, 0.6) is 0 Å². The van der Waals surface area contributed by atoms with Crippen molar-refractivity contribution >= 4 is 34.8 Å². The van der Waals surface area contributed by atoms with Crippen molar-refractivity contribution in [1.82, 2.24) is 4.90 Å². The summed E-state index contributed by atoms with van der Waals surface area (Å²) in [5.41, 5.74) is 5.30. The van der Waals surface area contributed by atoms with Gasteiger partial charge in [0.2, 0.25) is 17.7 Å². The van der Waals surface area contributed by atoms with Gasteiger partial charge in [-0.25, -0.2) is 0 Å². The first kappa shape index (κ1) is 24.5. The summed E-state index contributed by atoms with van der Waals surface area (Å²) in [4.78, 5) is 38.9. The number of para-hydroxylation sites is 1. The molecule has 1 saturated carbocycles. The highest BCUT2D eigenvalue weighted by atomic mass is 16.2. The van der Waals surface area contributed by atoms with Crippen LogP contribution in [0.2, 0.25) is 0 Å². The number of carbonyl (C=O) groups excluding carboxylic acids is 3. The van der Waals surface area contributed by atoms with Crippen LogP contribution >= 0.6 is 0 Å². The van der Waals surface area contributed by atoms with Gasteiger partial charge < -0.3 is 16.0 Å². The molecule has 2 aromatic carbocycles. The van der Waals surface area contributed by atoms with Crippen molar-refractivity contribution in [2.75, 3.05) is 29.0 Å². The molecule has 0 aromatic heterocycles. The number of anilines is 3. The molecule has 0 saturated heterocycles. The van der Waals surface area contributed by atoms with Crippen LogP contribution < -0.4 is 16.0 Å². The van der Waals surface area contributed by atoms with Gasteiger partial charge in [-0.3, -0.25) is 19.3 Å². The molecule has 0 unspecified atom stereocenters. The third-order valence-corrected chi connectivity index (χ3v) is 5.87. The van der Waals surface area contributed by atoms with E-state index < -0.39 is 0 Å². The Labute approximate surface area is 195 Å². The van der Waals surface area contributed by atoms with Gasteiger partial charge in [-0.1, -0.05) is 31.2 Å². The molecule has 3 rings (SSSR count). The average molecular weight is 451 g/mol. The summed E-state index contributed by atoms with van der Waals surface area (Å²) >= 11 is 0. The van der Waals surface area contributed by atoms with Crippen molar-refractivity contribution in [3.63, 3.8) is 0 Å². The Hall–Kier alpha value is -3.19. The standard InChI is InChI=1S/C26H34N4O3/c1-5-20-9-10-21(27-19(4)31)15-23(20)28-24(32)13-14-30(22-11-12-22)16-25(33)29-26-17(2)7-6-8-18(26)3/h6-10,15,22H,5,11-14,16H2,1-4H3,(H,27,31)(H,28,32)(H,29,33). The van der Waals surface area contributed by atoms with Crippen molar-refractivity contribution in [2.24, 2.45) is 0 Å². The zero-order valence-corrected chi connectivity index (χ0v) is 20.0. The second-order valence-electron chi connectivity index (χ2n) is 8.72. The lowest BCUT2D eigenvalue weighted by Crippen LogP contribution is -2.37. The Balaban J connectivity index is 1.57. The van der Waals surface area contributed by atoms with E-state index in [9.17, 15) is 14.4 Å². The first-order valence-electron chi connectivity index (χ1n) is 11.6. The van der Waals surface area contributed by atoms with Crippen LogP contribution in [-0.4, -0.2) is 41.8 Å². The molecule has 0 atom stereocenters. The van der Waals surface area contributed by atoms with Gasteiger partial charge in [-0.15, -0.1) is 0 Å². The highest BCUT2D eigenvalue weighted by Gasteiger charge is 2.30. The minimum absolute atomic E-state index is 0.0593. The van der Waals surface area contributed by atoms with E-state index in [0.29, 0.717) is 30.4 Å². The molecule has 0 spiro atoms. The highest BCUT2D eigenvalue weighted by Crippen LogP contribution is 2.27. The SMILES string of the molecule is CCc1ccc(NC(C)=O)cc1NC(=O)CCN(CC(=O)Nc1c(C)cccc1C)C1CC1. The van der Waals surface area contributed by atoms with Gasteiger partial charge in [-0.05, 0) is 61.9 Å². The van der Waals surface area contributed by atoms with Crippen LogP contribution in [0.1, 0.15) is 49.8 Å². The molecule has 3 amide bonds. The zero-order chi connectivity index (χ0) is 24.0. The fraction of sp³-hybridized carbons (Fsp3) is 0.423. The van der Waals surface area contributed by atoms with E-state index in [0.717, 1.165) is 41.6 Å². The maximum Gasteiger partial charge on any atom is 0.238 e. The van der Waals surface area contributed by atoms with Crippen LogP contribution in [0.4, 0.5) is 17.1 Å². The summed E-state index contributed by atoms with van der Waals surface area (Å²) < 4.78 is 0. The largest absolute Gasteiger partial charge is 0.326 e. The number of nitrogens with one attached hydrogen (secondary N) is 3. The summed E-state index contributed by atoms with van der Waals surface area (Å²) in [6, 6.07) is 11.8. The predicted octanol–water partition coefficient (Wildman–Crippen LogP) is 4.26. The van der Waals surface area contributed by atoms with Crippen LogP contribution in [0.3, 0.4) is 0 Å². The Morgan fingerprint density at radius 3 is 2.27 bits per heavy atom. The first-order valence-corrected chi connectivity index (χ1v) is 11.6. The van der Waals surface area contributed by atoms with E-state index >= 15 is 0 Å². The summed E-state index contributed by atoms with van der Waals surface area (Å²) in [6.07, 6.45) is 3.16. The lowest BCUT2D eigenvalue weighted by atomic mass is 10.1. The van der Waals surface area contributed by atoms with E-state index in [1.165, 1.54) is 6.92 Å². The second-order valence-corrected chi connectivity index (χ2v) is 8.72. The summed E-state index contributed by atoms with van der Waals surface area (Å²) in [5, 5.41) is 8.77. The van der Waals surface area contributed by atoms with Gasteiger partial charge in [0.05, 0.1) is 6.54 Å². The summed E-state index contributed by atoms with van der Waals surface area (Å²) in [6.45, 7) is 8.23. The maximum absolute atomic E-state index is 12.7. The van der Waals surface area contributed by atoms with Gasteiger partial charge in [0, 0.05) is 43.0 Å². The molecule has 0 bridgehead atoms. The number of amides is 3. The van der Waals surface area contributed by atoms with Crippen molar-refractivity contribution in [3.05, 3.63) is 53.1 Å². The number of benzene rings is 2. The number of nitrogens with zero attached hydrogens (tertiary/aromatic N) is 1. The molecule has 1 fully saturated rings. The van der Waals surface area contributed by atoms with Gasteiger partial charge in [-0.2, -0.15) is 0 Å². The number of rotatable bonds is 10. The van der Waals surface area contributed by atoms with Gasteiger partial charge in [0.25, 0.3) is 0 Å². The van der Waals surface area contributed by atoms with Crippen LogP contribution in [-0.2, 0) is 20.8 Å². The highest BCUT2D eigenvalue weighted by molar-refractivity contribution is 5.95. The smallest absolute Gasteiger partial charge is 0.238 e. The molecule has 0 heterocycles. The molecule has 0 aliphatic heterocycles. The third kappa shape index (κ3) is 7.15. The molecule has 2 aromatic rings. The fourth-order valence-corrected chi connectivity index (χ4v) is 3.95. The van der Waals surface area contributed by atoms with Crippen LogP contribution in [0.15, 0.2) is 36.4 Å². The monoisotopic (exact) mass is 450 g/mol. The van der Waals surface area contributed by atoms with Gasteiger partial charge in [0.1, 0.15) is 0 Å². The van der Waals surface area contributed by atoms with E-state index in [-0.39, 0.29) is 24.3 Å². The number of aryl methyl sites for hydroxylation is 3. The second kappa shape index (κ2) is 11.1. The van der Waals surface area contributed by atoms with Crippen LogP contribution in [0.25, 0.3) is 0 Å². The number of carbonyl (C=O) groups is 3. The quantitative estimate of drug-likeness (QED) is 0.505. The van der Waals surface area contributed by atoms with E-state index in [1.54, 1.807) is 6.07 Å². The lowest BCUT2D eigenvalue weighted by molar-refractivity contribution is -0.119. The lowest BCUT2D eigenvalue weighted by Gasteiger charge is -2.22. The summed E-state index contributed by atoms with van der Waals surface area (Å²) in [7, 11) is 0. The summed E-state index contributed by atoms with van der Waals surface area (Å²) in [5.74, 6) is -0.322. The normalized spacial score (nSPS) is 13.0. The zero-order valence-electron chi connectivity index (χ0n) is 20.0. The molecule has 1 aliphatic carbocycles. The Morgan fingerprint density at radius 2 is 1.67 bits per heavy atom. The van der Waals surface area contributed by atoms with E-state index in [4.69, 9.17) is 0 Å². The van der Waals surface area contributed by atoms with Crippen molar-refractivity contribution in [3.8, 4) is 0 Å². The third-order valence-electron chi connectivity index (χ3n) is 5.87. The minimum atomic E-state index is -0.157. The fourth-order valence-electron chi connectivity index (χ4n) is 3.95. The Bertz CT molecular complexity index is 1010. The van der Waals surface area contributed by atoms with Crippen molar-refractivity contribution < 1.29 is 14.4 Å². The Kier molecular flexibility index (Phi) is 8.22. The molecular formula is C26H34N4O3. The molecule has 33 heavy (non-hydrogen) atoms. The Morgan fingerprint density at radius 1 is 0.970 bits per heavy atom.